The minimum absolute atomic E-state index is 0.000625. The lowest BCUT2D eigenvalue weighted by molar-refractivity contribution is -0.304. The van der Waals surface area contributed by atoms with E-state index in [2.05, 4.69) is 0 Å². The van der Waals surface area contributed by atoms with Crippen LogP contribution in [-0.4, -0.2) is 113 Å². The largest absolute Gasteiger partial charge is 0.462 e. The highest BCUT2D eigenvalue weighted by Gasteiger charge is 2.47. The number of aldehydes is 1. The molecular formula is C31H51NO10. The number of ether oxygens (including phenoxy) is 3. The first-order chi connectivity index (χ1) is 19.7. The molecule has 1 saturated heterocycles. The van der Waals surface area contributed by atoms with Crippen molar-refractivity contribution in [3.63, 3.8) is 0 Å². The summed E-state index contributed by atoms with van der Waals surface area (Å²) >= 11 is 0. The van der Waals surface area contributed by atoms with Crippen LogP contribution in [0, 0.1) is 23.7 Å². The fraction of sp³-hybridized carbons (Fsp3) is 0.774. The van der Waals surface area contributed by atoms with Crippen molar-refractivity contribution in [1.82, 2.24) is 4.90 Å². The molecule has 0 spiro atoms. The predicted molar refractivity (Wildman–Crippen MR) is 155 cm³/mol. The number of nitrogens with zero attached hydrogens (tertiary/aromatic N) is 1. The summed E-state index contributed by atoms with van der Waals surface area (Å²) < 4.78 is 17.9. The molecule has 0 aromatic rings. The Kier molecular flexibility index (Phi) is 14.4. The highest BCUT2D eigenvalue weighted by atomic mass is 16.7. The number of cyclic esters (lactones) is 1. The number of likely N-dealkylation sites (N-methyl/N-ethyl adjacent to an activating group) is 1. The Balaban J connectivity index is 2.52. The normalized spacial score (nSPS) is 40.3. The summed E-state index contributed by atoms with van der Waals surface area (Å²) in [5.74, 6) is -3.16. The van der Waals surface area contributed by atoms with Crippen molar-refractivity contribution >= 4 is 18.0 Å². The quantitative estimate of drug-likeness (QED) is 0.248. The Labute approximate surface area is 249 Å². The maximum absolute atomic E-state index is 13.1. The van der Waals surface area contributed by atoms with Gasteiger partial charge in [-0.15, -0.1) is 0 Å². The van der Waals surface area contributed by atoms with E-state index < -0.39 is 78.6 Å². The van der Waals surface area contributed by atoms with Crippen LogP contribution in [0.25, 0.3) is 0 Å². The highest BCUT2D eigenvalue weighted by Crippen LogP contribution is 2.34. The fourth-order valence-corrected chi connectivity index (χ4v) is 5.93. The first kappa shape index (κ1) is 36.2. The van der Waals surface area contributed by atoms with Crippen molar-refractivity contribution in [2.24, 2.45) is 23.7 Å². The molecule has 42 heavy (non-hydrogen) atoms. The molecule has 0 saturated carbocycles. The van der Waals surface area contributed by atoms with E-state index in [-0.39, 0.29) is 31.7 Å². The van der Waals surface area contributed by atoms with Gasteiger partial charge in [0.05, 0.1) is 43.5 Å². The Morgan fingerprint density at radius 1 is 1.10 bits per heavy atom. The summed E-state index contributed by atoms with van der Waals surface area (Å²) in [5.41, 5.74) is 0.714. The van der Waals surface area contributed by atoms with E-state index in [1.54, 1.807) is 58.8 Å². The number of carbonyl (C=O) groups is 3. The number of aliphatic hydroxyl groups excluding tert-OH is 4. The van der Waals surface area contributed by atoms with Gasteiger partial charge in [0, 0.05) is 24.2 Å². The zero-order valence-electron chi connectivity index (χ0n) is 26.0. The lowest BCUT2D eigenvalue weighted by atomic mass is 9.79. The van der Waals surface area contributed by atoms with Crippen molar-refractivity contribution in [1.29, 1.82) is 0 Å². The number of hydrogen-bond donors (Lipinski definition) is 4. The summed E-state index contributed by atoms with van der Waals surface area (Å²) in [6.45, 7) is 8.42. The first-order valence-corrected chi connectivity index (χ1v) is 14.9. The molecule has 12 atom stereocenters. The molecule has 0 radical (unpaired) electrons. The van der Waals surface area contributed by atoms with Gasteiger partial charge in [-0.25, -0.2) is 0 Å². The molecular weight excluding hydrogens is 546 g/mol. The van der Waals surface area contributed by atoms with E-state index in [4.69, 9.17) is 14.2 Å². The Hall–Kier alpha value is -1.99. The lowest BCUT2D eigenvalue weighted by Crippen LogP contribution is -2.63. The summed E-state index contributed by atoms with van der Waals surface area (Å²) in [4.78, 5) is 39.6. The molecule has 2 aliphatic heterocycles. The predicted octanol–water partition coefficient (Wildman–Crippen LogP) is 1.40. The second-order valence-corrected chi connectivity index (χ2v) is 12.1. The van der Waals surface area contributed by atoms with Crippen LogP contribution in [0.5, 0.6) is 0 Å². The lowest BCUT2D eigenvalue weighted by Gasteiger charge is -2.46. The Bertz CT molecular complexity index is 952. The van der Waals surface area contributed by atoms with Gasteiger partial charge in [-0.3, -0.25) is 9.59 Å². The standard InChI is InChI=1S/C31H51NO10/c1-8-25-22(16-34)13-17(2)9-10-23(35)18(3)14-21(11-12-33)30(19(4)24(36)15-26(37)41-25)42-31-29(39)27(32(6)7)28(38)20(5)40-31/h9-10,12-13,18-22,24-25,27-31,34,36,38-39H,8,11,14-16H2,1-7H3/b10-9+,17-13?/t18-,19+,20?,21+,22?,24-,25-,27?,28-,29-,30-,31?/m1/s1. The van der Waals surface area contributed by atoms with Gasteiger partial charge in [0.1, 0.15) is 18.5 Å². The van der Waals surface area contributed by atoms with Crippen LogP contribution in [-0.2, 0) is 28.6 Å². The molecule has 2 heterocycles. The number of rotatable bonds is 7. The Morgan fingerprint density at radius 2 is 1.76 bits per heavy atom. The third-order valence-corrected chi connectivity index (χ3v) is 8.56. The number of esters is 1. The number of carbonyl (C=O) groups excluding carboxylic acids is 3. The second kappa shape index (κ2) is 16.7. The van der Waals surface area contributed by atoms with Crippen molar-refractivity contribution in [3.05, 3.63) is 23.8 Å². The van der Waals surface area contributed by atoms with E-state index >= 15 is 0 Å². The van der Waals surface area contributed by atoms with E-state index in [1.807, 2.05) is 6.92 Å². The van der Waals surface area contributed by atoms with Crippen LogP contribution in [0.3, 0.4) is 0 Å². The summed E-state index contributed by atoms with van der Waals surface area (Å²) in [7, 11) is 3.43. The van der Waals surface area contributed by atoms with E-state index in [9.17, 15) is 34.8 Å². The van der Waals surface area contributed by atoms with Crippen molar-refractivity contribution in [2.75, 3.05) is 20.7 Å². The molecule has 4 unspecified atom stereocenters. The van der Waals surface area contributed by atoms with Crippen molar-refractivity contribution in [2.45, 2.75) is 109 Å². The maximum atomic E-state index is 13.1. The summed E-state index contributed by atoms with van der Waals surface area (Å²) in [5, 5.41) is 43.0. The zero-order chi connectivity index (χ0) is 31.7. The van der Waals surface area contributed by atoms with E-state index in [0.717, 1.165) is 6.29 Å². The van der Waals surface area contributed by atoms with Crippen LogP contribution in [0.15, 0.2) is 23.8 Å². The highest BCUT2D eigenvalue weighted by molar-refractivity contribution is 5.91. The van der Waals surface area contributed by atoms with E-state index in [0.29, 0.717) is 12.0 Å². The molecule has 1 fully saturated rings. The average Bonchev–Trinajstić information content (AvgIpc) is 2.93. The molecule has 0 aromatic heterocycles. The van der Waals surface area contributed by atoms with Crippen LogP contribution in [0.4, 0.5) is 0 Å². The molecule has 0 aromatic carbocycles. The molecule has 0 bridgehead atoms. The van der Waals surface area contributed by atoms with Crippen LogP contribution >= 0.6 is 0 Å². The maximum Gasteiger partial charge on any atom is 0.308 e. The van der Waals surface area contributed by atoms with Gasteiger partial charge >= 0.3 is 5.97 Å². The summed E-state index contributed by atoms with van der Waals surface area (Å²) in [6.07, 6.45) is -1.12. The van der Waals surface area contributed by atoms with Crippen LogP contribution < -0.4 is 0 Å². The topological polar surface area (TPSA) is 163 Å². The SMILES string of the molecule is CC[C@H]1OC(=O)C[C@@H](O)[C@H](C)[C@@H](OC2OC(C)[C@@H](O)C(N(C)C)[C@H]2O)[C@@H](CC=O)C[C@@H](C)C(=O)/C=C/C(C)=CC1CO. The second-order valence-electron chi connectivity index (χ2n) is 12.1. The molecule has 0 amide bonds. The van der Waals surface area contributed by atoms with Gasteiger partial charge in [0.2, 0.25) is 0 Å². The molecule has 2 aliphatic rings. The molecule has 4 N–H and O–H groups in total. The van der Waals surface area contributed by atoms with Crippen LogP contribution in [0.1, 0.15) is 60.3 Å². The van der Waals surface area contributed by atoms with Gasteiger partial charge in [0.25, 0.3) is 0 Å². The number of aliphatic hydroxyl groups is 4. The van der Waals surface area contributed by atoms with Crippen molar-refractivity contribution < 1.29 is 49.0 Å². The zero-order valence-corrected chi connectivity index (χ0v) is 26.0. The minimum Gasteiger partial charge on any atom is -0.462 e. The molecule has 11 heteroatoms. The van der Waals surface area contributed by atoms with Crippen LogP contribution in [0.2, 0.25) is 0 Å². The molecule has 2 rings (SSSR count). The summed E-state index contributed by atoms with van der Waals surface area (Å²) in [6, 6.07) is -0.711. The third-order valence-electron chi connectivity index (χ3n) is 8.56. The Morgan fingerprint density at radius 3 is 2.33 bits per heavy atom. The van der Waals surface area contributed by atoms with Gasteiger partial charge in [-0.1, -0.05) is 38.5 Å². The fourth-order valence-electron chi connectivity index (χ4n) is 5.93. The van der Waals surface area contributed by atoms with Crippen molar-refractivity contribution in [3.8, 4) is 0 Å². The molecule has 0 aliphatic carbocycles. The number of ketones is 1. The number of allylic oxidation sites excluding steroid dienone is 3. The third kappa shape index (κ3) is 9.51. The first-order valence-electron chi connectivity index (χ1n) is 14.9. The minimum atomic E-state index is -1.27. The molecule has 11 nitrogen and oxygen atoms in total. The van der Waals surface area contributed by atoms with E-state index in [1.165, 1.54) is 6.08 Å². The molecule has 240 valence electrons. The average molecular weight is 598 g/mol. The number of hydrogen-bond acceptors (Lipinski definition) is 11. The smallest absolute Gasteiger partial charge is 0.308 e. The monoisotopic (exact) mass is 597 g/mol. The van der Waals surface area contributed by atoms with Gasteiger partial charge < -0.3 is 44.3 Å². The van der Waals surface area contributed by atoms with Gasteiger partial charge in [-0.05, 0) is 52.8 Å². The van der Waals surface area contributed by atoms with Gasteiger partial charge in [-0.2, -0.15) is 0 Å². The van der Waals surface area contributed by atoms with Gasteiger partial charge in [0.15, 0.2) is 12.1 Å².